The van der Waals surface area contributed by atoms with Crippen molar-refractivity contribution in [2.75, 3.05) is 5.32 Å². The average Bonchev–Trinajstić information content (AvgIpc) is 2.09. The van der Waals surface area contributed by atoms with Crippen molar-refractivity contribution < 1.29 is 13.6 Å². The highest BCUT2D eigenvalue weighted by molar-refractivity contribution is 6.36. The van der Waals surface area contributed by atoms with Gasteiger partial charge in [0.25, 0.3) is 5.91 Å². The van der Waals surface area contributed by atoms with E-state index in [1.165, 1.54) is 18.2 Å². The van der Waals surface area contributed by atoms with Crippen molar-refractivity contribution in [3.8, 4) is 0 Å². The van der Waals surface area contributed by atoms with Gasteiger partial charge in [-0.1, -0.05) is 23.2 Å². The molecular weight excluding hydrogens is 235 g/mol. The minimum atomic E-state index is -3.07. The van der Waals surface area contributed by atoms with Gasteiger partial charge in [0, 0.05) is 5.02 Å². The summed E-state index contributed by atoms with van der Waals surface area (Å²) in [5, 5.41) is 2.44. The maximum Gasteiger partial charge on any atom is 0.315 e. The highest BCUT2D eigenvalue weighted by atomic mass is 35.5. The molecule has 76 valence electrons. The Morgan fingerprint density at radius 2 is 2.00 bits per heavy atom. The summed E-state index contributed by atoms with van der Waals surface area (Å²) in [6.07, 6.45) is -3.07. The molecule has 0 aliphatic heterocycles. The molecule has 0 bridgehead atoms. The third-order valence-electron chi connectivity index (χ3n) is 1.39. The molecule has 14 heavy (non-hydrogen) atoms. The first-order valence-electron chi connectivity index (χ1n) is 3.55. The fraction of sp³-hybridized carbons (Fsp3) is 0.125. The van der Waals surface area contributed by atoms with E-state index in [4.69, 9.17) is 23.2 Å². The zero-order chi connectivity index (χ0) is 10.7. The van der Waals surface area contributed by atoms with Gasteiger partial charge in [-0.15, -0.1) is 0 Å². The zero-order valence-corrected chi connectivity index (χ0v) is 8.24. The molecule has 1 N–H and O–H groups in total. The highest BCUT2D eigenvalue weighted by Gasteiger charge is 2.16. The summed E-state index contributed by atoms with van der Waals surface area (Å²) < 4.78 is 23.7. The predicted molar refractivity (Wildman–Crippen MR) is 51.1 cm³/mol. The lowest BCUT2D eigenvalue weighted by Crippen LogP contribution is -2.20. The van der Waals surface area contributed by atoms with Crippen LogP contribution in [0.4, 0.5) is 14.5 Å². The molecular formula is C8H5Cl2F2NO. The average molecular weight is 240 g/mol. The van der Waals surface area contributed by atoms with Crippen LogP contribution in [0.3, 0.4) is 0 Å². The molecule has 0 radical (unpaired) electrons. The molecule has 0 spiro atoms. The number of halogens is 4. The van der Waals surface area contributed by atoms with Gasteiger partial charge in [-0.05, 0) is 18.2 Å². The van der Waals surface area contributed by atoms with E-state index in [0.29, 0.717) is 5.02 Å². The van der Waals surface area contributed by atoms with Crippen LogP contribution in [0, 0.1) is 0 Å². The molecule has 0 aliphatic carbocycles. The van der Waals surface area contributed by atoms with Gasteiger partial charge in [0.1, 0.15) is 0 Å². The third-order valence-corrected chi connectivity index (χ3v) is 1.94. The largest absolute Gasteiger partial charge is 0.320 e. The molecule has 1 aromatic carbocycles. The SMILES string of the molecule is O=C(Nc1ccc(Cl)cc1Cl)C(F)F. The van der Waals surface area contributed by atoms with Crippen molar-refractivity contribution in [3.05, 3.63) is 28.2 Å². The first-order valence-corrected chi connectivity index (χ1v) is 4.30. The molecule has 0 atom stereocenters. The van der Waals surface area contributed by atoms with E-state index in [-0.39, 0.29) is 10.7 Å². The Bertz CT molecular complexity index is 357. The maximum atomic E-state index is 11.8. The fourth-order valence-corrected chi connectivity index (χ4v) is 1.23. The molecule has 6 heteroatoms. The van der Waals surface area contributed by atoms with E-state index >= 15 is 0 Å². The molecule has 0 saturated carbocycles. The van der Waals surface area contributed by atoms with Crippen molar-refractivity contribution in [2.45, 2.75) is 6.43 Å². The van der Waals surface area contributed by atoms with Crippen LogP contribution in [0.2, 0.25) is 10.0 Å². The first-order chi connectivity index (χ1) is 6.50. The van der Waals surface area contributed by atoms with Crippen LogP contribution in [0.5, 0.6) is 0 Å². The quantitative estimate of drug-likeness (QED) is 0.844. The molecule has 1 amide bonds. The van der Waals surface area contributed by atoms with E-state index in [0.717, 1.165) is 0 Å². The van der Waals surface area contributed by atoms with Crippen LogP contribution in [-0.4, -0.2) is 12.3 Å². The van der Waals surface area contributed by atoms with Crippen molar-refractivity contribution in [3.63, 3.8) is 0 Å². The van der Waals surface area contributed by atoms with E-state index in [1.807, 2.05) is 5.32 Å². The molecule has 0 saturated heterocycles. The second kappa shape index (κ2) is 4.57. The number of anilines is 1. The lowest BCUT2D eigenvalue weighted by molar-refractivity contribution is -0.126. The van der Waals surface area contributed by atoms with Crippen molar-refractivity contribution in [1.29, 1.82) is 0 Å². The smallest absolute Gasteiger partial charge is 0.315 e. The number of amides is 1. The zero-order valence-electron chi connectivity index (χ0n) is 6.73. The summed E-state index contributed by atoms with van der Waals surface area (Å²) in [7, 11) is 0. The van der Waals surface area contributed by atoms with Gasteiger partial charge in [0.05, 0.1) is 10.7 Å². The van der Waals surface area contributed by atoms with Crippen LogP contribution < -0.4 is 5.32 Å². The summed E-state index contributed by atoms with van der Waals surface area (Å²) in [5.41, 5.74) is 0.112. The number of hydrogen-bond donors (Lipinski definition) is 1. The summed E-state index contributed by atoms with van der Waals surface area (Å²) in [5.74, 6) is -1.39. The van der Waals surface area contributed by atoms with Gasteiger partial charge in [-0.2, -0.15) is 8.78 Å². The Hall–Kier alpha value is -0.870. The summed E-state index contributed by atoms with van der Waals surface area (Å²) in [4.78, 5) is 10.6. The molecule has 0 fully saturated rings. The fourth-order valence-electron chi connectivity index (χ4n) is 0.778. The van der Waals surface area contributed by atoms with Gasteiger partial charge in [0.2, 0.25) is 0 Å². The van der Waals surface area contributed by atoms with Crippen molar-refractivity contribution in [1.82, 2.24) is 0 Å². The second-order valence-electron chi connectivity index (χ2n) is 2.41. The maximum absolute atomic E-state index is 11.8. The van der Waals surface area contributed by atoms with E-state index in [2.05, 4.69) is 0 Å². The Kier molecular flexibility index (Phi) is 3.66. The van der Waals surface area contributed by atoms with Crippen molar-refractivity contribution in [2.24, 2.45) is 0 Å². The minimum absolute atomic E-state index is 0.112. The standard InChI is InChI=1S/C8H5Cl2F2NO/c9-4-1-2-6(5(10)3-4)13-8(14)7(11)12/h1-3,7H,(H,13,14). The number of nitrogens with one attached hydrogen (secondary N) is 1. The molecule has 0 aliphatic rings. The number of benzene rings is 1. The number of alkyl halides is 2. The first kappa shape index (κ1) is 11.2. The van der Waals surface area contributed by atoms with Gasteiger partial charge in [-0.25, -0.2) is 0 Å². The van der Waals surface area contributed by atoms with Gasteiger partial charge < -0.3 is 5.32 Å². The third kappa shape index (κ3) is 2.82. The Balaban J connectivity index is 2.82. The number of carbonyl (C=O) groups excluding carboxylic acids is 1. The van der Waals surface area contributed by atoms with Crippen LogP contribution in [0.1, 0.15) is 0 Å². The normalized spacial score (nSPS) is 10.4. The van der Waals surface area contributed by atoms with Crippen LogP contribution in [0.15, 0.2) is 18.2 Å². The van der Waals surface area contributed by atoms with Crippen LogP contribution >= 0.6 is 23.2 Å². The summed E-state index contributed by atoms with van der Waals surface area (Å²) >= 11 is 11.2. The molecule has 1 aromatic rings. The second-order valence-corrected chi connectivity index (χ2v) is 3.26. The lowest BCUT2D eigenvalue weighted by Gasteiger charge is -2.06. The molecule has 2 nitrogen and oxygen atoms in total. The lowest BCUT2D eigenvalue weighted by atomic mass is 10.3. The monoisotopic (exact) mass is 239 g/mol. The topological polar surface area (TPSA) is 29.1 Å². The number of carbonyl (C=O) groups is 1. The highest BCUT2D eigenvalue weighted by Crippen LogP contribution is 2.25. The predicted octanol–water partition coefficient (Wildman–Crippen LogP) is 3.20. The van der Waals surface area contributed by atoms with Gasteiger partial charge in [-0.3, -0.25) is 4.79 Å². The molecule has 1 rings (SSSR count). The Morgan fingerprint density at radius 1 is 1.36 bits per heavy atom. The van der Waals surface area contributed by atoms with E-state index in [1.54, 1.807) is 0 Å². The molecule has 0 heterocycles. The minimum Gasteiger partial charge on any atom is -0.320 e. The van der Waals surface area contributed by atoms with E-state index in [9.17, 15) is 13.6 Å². The summed E-state index contributed by atoms with van der Waals surface area (Å²) in [6.45, 7) is 0. The summed E-state index contributed by atoms with van der Waals surface area (Å²) in [6, 6.07) is 4.14. The Morgan fingerprint density at radius 3 is 2.50 bits per heavy atom. The molecule has 0 aromatic heterocycles. The Labute approximate surface area is 88.8 Å². The van der Waals surface area contributed by atoms with Crippen LogP contribution in [-0.2, 0) is 4.79 Å². The van der Waals surface area contributed by atoms with Crippen molar-refractivity contribution >= 4 is 34.8 Å². The number of hydrogen-bond acceptors (Lipinski definition) is 1. The van der Waals surface area contributed by atoms with Gasteiger partial charge >= 0.3 is 6.43 Å². The van der Waals surface area contributed by atoms with E-state index < -0.39 is 12.3 Å². The van der Waals surface area contributed by atoms with Gasteiger partial charge in [0.15, 0.2) is 0 Å². The molecule has 0 unspecified atom stereocenters. The van der Waals surface area contributed by atoms with Crippen LogP contribution in [0.25, 0.3) is 0 Å². The number of rotatable bonds is 2.